The number of hydrogen-bond donors (Lipinski definition) is 1. The van der Waals surface area contributed by atoms with Gasteiger partial charge < -0.3 is 10.5 Å². The lowest BCUT2D eigenvalue weighted by atomic mass is 10.1. The third kappa shape index (κ3) is 3.35. The summed E-state index contributed by atoms with van der Waals surface area (Å²) in [6.07, 6.45) is 0.126. The Balaban J connectivity index is 2.63. The summed E-state index contributed by atoms with van der Waals surface area (Å²) in [5.74, 6) is -0.396. The third-order valence-electron chi connectivity index (χ3n) is 2.63. The SMILES string of the molecule is CCC(OCc1ccc(C)cc1C)C(N)=O. The van der Waals surface area contributed by atoms with Crippen LogP contribution in [-0.2, 0) is 16.1 Å². The van der Waals surface area contributed by atoms with Crippen molar-refractivity contribution in [2.75, 3.05) is 0 Å². The average Bonchev–Trinajstić information content (AvgIpc) is 2.21. The molecule has 0 aromatic heterocycles. The Morgan fingerprint density at radius 1 is 1.44 bits per heavy atom. The maximum atomic E-state index is 11.0. The van der Waals surface area contributed by atoms with Crippen LogP contribution in [0.4, 0.5) is 0 Å². The van der Waals surface area contributed by atoms with Gasteiger partial charge in [-0.3, -0.25) is 4.79 Å². The van der Waals surface area contributed by atoms with Gasteiger partial charge in [0.1, 0.15) is 6.10 Å². The Kier molecular flexibility index (Phi) is 4.50. The van der Waals surface area contributed by atoms with Crippen molar-refractivity contribution >= 4 is 5.91 Å². The first-order valence-corrected chi connectivity index (χ1v) is 5.51. The van der Waals surface area contributed by atoms with Gasteiger partial charge in [-0.15, -0.1) is 0 Å². The highest BCUT2D eigenvalue weighted by molar-refractivity contribution is 5.78. The summed E-state index contributed by atoms with van der Waals surface area (Å²) in [5.41, 5.74) is 8.72. The molecule has 2 N–H and O–H groups in total. The molecule has 1 atom stereocenters. The van der Waals surface area contributed by atoms with E-state index in [2.05, 4.69) is 13.0 Å². The summed E-state index contributed by atoms with van der Waals surface area (Å²) in [5, 5.41) is 0. The monoisotopic (exact) mass is 221 g/mol. The van der Waals surface area contributed by atoms with Crippen LogP contribution < -0.4 is 5.73 Å². The van der Waals surface area contributed by atoms with E-state index in [-0.39, 0.29) is 0 Å². The van der Waals surface area contributed by atoms with Crippen LogP contribution in [0, 0.1) is 13.8 Å². The number of benzene rings is 1. The van der Waals surface area contributed by atoms with Crippen molar-refractivity contribution in [3.05, 3.63) is 34.9 Å². The smallest absolute Gasteiger partial charge is 0.246 e. The fraction of sp³-hybridized carbons (Fsp3) is 0.462. The molecule has 0 aliphatic rings. The number of rotatable bonds is 5. The van der Waals surface area contributed by atoms with Crippen molar-refractivity contribution in [3.63, 3.8) is 0 Å². The summed E-state index contributed by atoms with van der Waals surface area (Å²) in [6, 6.07) is 6.17. The largest absolute Gasteiger partial charge is 0.367 e. The molecule has 1 amide bonds. The molecule has 1 unspecified atom stereocenters. The van der Waals surface area contributed by atoms with Gasteiger partial charge in [0.05, 0.1) is 6.61 Å². The van der Waals surface area contributed by atoms with Crippen LogP contribution >= 0.6 is 0 Å². The van der Waals surface area contributed by atoms with Gasteiger partial charge in [0.2, 0.25) is 5.91 Å². The van der Waals surface area contributed by atoms with Gasteiger partial charge in [0.25, 0.3) is 0 Å². The second kappa shape index (κ2) is 5.66. The number of carbonyl (C=O) groups excluding carboxylic acids is 1. The van der Waals surface area contributed by atoms with Gasteiger partial charge in [-0.2, -0.15) is 0 Å². The fourth-order valence-corrected chi connectivity index (χ4v) is 1.60. The quantitative estimate of drug-likeness (QED) is 0.827. The van der Waals surface area contributed by atoms with Gasteiger partial charge in [-0.25, -0.2) is 0 Å². The van der Waals surface area contributed by atoms with E-state index < -0.39 is 12.0 Å². The first kappa shape index (κ1) is 12.7. The van der Waals surface area contributed by atoms with Gasteiger partial charge in [0.15, 0.2) is 0 Å². The highest BCUT2D eigenvalue weighted by atomic mass is 16.5. The molecule has 0 heterocycles. The number of primary amides is 1. The minimum Gasteiger partial charge on any atom is -0.367 e. The summed E-state index contributed by atoms with van der Waals surface area (Å²) < 4.78 is 5.48. The molecule has 1 aromatic rings. The van der Waals surface area contributed by atoms with E-state index in [0.717, 1.165) is 5.56 Å². The van der Waals surface area contributed by atoms with E-state index in [0.29, 0.717) is 13.0 Å². The molecule has 0 aliphatic carbocycles. The molecule has 1 aromatic carbocycles. The highest BCUT2D eigenvalue weighted by Gasteiger charge is 2.13. The molecule has 1 rings (SSSR count). The number of carbonyl (C=O) groups is 1. The molecular formula is C13H19NO2. The standard InChI is InChI=1S/C13H19NO2/c1-4-12(13(14)15)16-8-11-6-5-9(2)7-10(11)3/h5-7,12H,4,8H2,1-3H3,(H2,14,15). The molecule has 0 saturated carbocycles. The number of ether oxygens (including phenoxy) is 1. The molecule has 16 heavy (non-hydrogen) atoms. The van der Waals surface area contributed by atoms with Crippen LogP contribution in [0.25, 0.3) is 0 Å². The van der Waals surface area contributed by atoms with Crippen LogP contribution in [0.1, 0.15) is 30.0 Å². The fourth-order valence-electron chi connectivity index (χ4n) is 1.60. The van der Waals surface area contributed by atoms with Gasteiger partial charge >= 0.3 is 0 Å². The lowest BCUT2D eigenvalue weighted by Gasteiger charge is -2.13. The van der Waals surface area contributed by atoms with Crippen molar-refractivity contribution in [1.29, 1.82) is 0 Å². The first-order chi connectivity index (χ1) is 7.54. The van der Waals surface area contributed by atoms with Crippen LogP contribution in [0.15, 0.2) is 18.2 Å². The van der Waals surface area contributed by atoms with Crippen LogP contribution in [0.5, 0.6) is 0 Å². The van der Waals surface area contributed by atoms with Crippen molar-refractivity contribution < 1.29 is 9.53 Å². The predicted molar refractivity (Wildman–Crippen MR) is 64.0 cm³/mol. The van der Waals surface area contributed by atoms with Crippen LogP contribution in [-0.4, -0.2) is 12.0 Å². The second-order valence-corrected chi connectivity index (χ2v) is 4.04. The third-order valence-corrected chi connectivity index (χ3v) is 2.63. The van der Waals surface area contributed by atoms with E-state index in [9.17, 15) is 4.79 Å². The zero-order valence-corrected chi connectivity index (χ0v) is 10.1. The molecule has 0 aliphatic heterocycles. The molecule has 88 valence electrons. The van der Waals surface area contributed by atoms with E-state index in [1.165, 1.54) is 11.1 Å². The topological polar surface area (TPSA) is 52.3 Å². The minimum atomic E-state index is -0.485. The average molecular weight is 221 g/mol. The van der Waals surface area contributed by atoms with Crippen molar-refractivity contribution in [3.8, 4) is 0 Å². The van der Waals surface area contributed by atoms with Crippen molar-refractivity contribution in [2.45, 2.75) is 39.9 Å². The van der Waals surface area contributed by atoms with Crippen molar-refractivity contribution in [1.82, 2.24) is 0 Å². The first-order valence-electron chi connectivity index (χ1n) is 5.51. The minimum absolute atomic E-state index is 0.396. The Morgan fingerprint density at radius 3 is 2.62 bits per heavy atom. The summed E-state index contributed by atoms with van der Waals surface area (Å²) in [7, 11) is 0. The van der Waals surface area contributed by atoms with Gasteiger partial charge in [-0.1, -0.05) is 30.7 Å². The van der Waals surface area contributed by atoms with E-state index in [4.69, 9.17) is 10.5 Å². The molecule has 0 fully saturated rings. The van der Waals surface area contributed by atoms with Crippen LogP contribution in [0.2, 0.25) is 0 Å². The zero-order valence-electron chi connectivity index (χ0n) is 10.1. The Morgan fingerprint density at radius 2 is 2.12 bits per heavy atom. The highest BCUT2D eigenvalue weighted by Crippen LogP contribution is 2.13. The predicted octanol–water partition coefficient (Wildman–Crippen LogP) is 2.08. The number of amides is 1. The maximum Gasteiger partial charge on any atom is 0.246 e. The van der Waals surface area contributed by atoms with E-state index in [1.54, 1.807) is 0 Å². The van der Waals surface area contributed by atoms with Gasteiger partial charge in [0, 0.05) is 0 Å². The number of nitrogens with two attached hydrogens (primary N) is 1. The zero-order chi connectivity index (χ0) is 12.1. The number of aryl methyl sites for hydroxylation is 2. The summed E-state index contributed by atoms with van der Waals surface area (Å²) in [4.78, 5) is 11.0. The Labute approximate surface area is 96.6 Å². The molecule has 0 spiro atoms. The lowest BCUT2D eigenvalue weighted by Crippen LogP contribution is -2.30. The van der Waals surface area contributed by atoms with E-state index >= 15 is 0 Å². The van der Waals surface area contributed by atoms with Crippen LogP contribution in [0.3, 0.4) is 0 Å². The Bertz CT molecular complexity index is 374. The van der Waals surface area contributed by atoms with E-state index in [1.807, 2.05) is 26.0 Å². The van der Waals surface area contributed by atoms with Crippen molar-refractivity contribution in [2.24, 2.45) is 5.73 Å². The normalized spacial score (nSPS) is 12.4. The molecular weight excluding hydrogens is 202 g/mol. The van der Waals surface area contributed by atoms with Gasteiger partial charge in [-0.05, 0) is 31.4 Å². The number of hydrogen-bond acceptors (Lipinski definition) is 2. The molecule has 3 heteroatoms. The summed E-state index contributed by atoms with van der Waals surface area (Å²) in [6.45, 7) is 6.41. The second-order valence-electron chi connectivity index (χ2n) is 4.04. The molecule has 3 nitrogen and oxygen atoms in total. The molecule has 0 radical (unpaired) electrons. The maximum absolute atomic E-state index is 11.0. The molecule has 0 saturated heterocycles. The molecule has 0 bridgehead atoms. The summed E-state index contributed by atoms with van der Waals surface area (Å²) >= 11 is 0. The lowest BCUT2D eigenvalue weighted by molar-refractivity contribution is -0.130. The Hall–Kier alpha value is -1.35.